The molecule has 1 aliphatic heterocycles. The van der Waals surface area contributed by atoms with Crippen LogP contribution < -0.4 is 25.2 Å². The van der Waals surface area contributed by atoms with E-state index in [-0.39, 0.29) is 18.2 Å². The normalized spacial score (nSPS) is 13.4. The highest BCUT2D eigenvalue weighted by molar-refractivity contribution is 6.01. The molecule has 2 aromatic rings. The standard InChI is InChI=1S/C22H25N3O4/c1-15-4-7-17(8-5-15)25-21(26)11-9-18(24-25)22(27)23-13-12-16-6-10-19(28-2)20(14-16)29-3/h4-10,14,24H,11-13H2,1-3H3,(H,23,27). The number of hydrazine groups is 1. The van der Waals surface area contributed by atoms with Crippen molar-refractivity contribution >= 4 is 17.5 Å². The first-order chi connectivity index (χ1) is 14.0. The quantitative estimate of drug-likeness (QED) is 0.753. The maximum absolute atomic E-state index is 12.5. The third kappa shape index (κ3) is 4.87. The largest absolute Gasteiger partial charge is 0.493 e. The number of benzene rings is 2. The number of hydrogen-bond donors (Lipinski definition) is 2. The number of amides is 2. The molecule has 0 saturated carbocycles. The van der Waals surface area contributed by atoms with Crippen molar-refractivity contribution in [2.45, 2.75) is 19.8 Å². The number of hydrogen-bond acceptors (Lipinski definition) is 5. The van der Waals surface area contributed by atoms with Crippen molar-refractivity contribution in [1.29, 1.82) is 0 Å². The molecule has 0 unspecified atom stereocenters. The van der Waals surface area contributed by atoms with Crippen LogP contribution in [-0.2, 0) is 16.0 Å². The van der Waals surface area contributed by atoms with E-state index >= 15 is 0 Å². The van der Waals surface area contributed by atoms with Crippen LogP contribution in [-0.4, -0.2) is 32.6 Å². The Labute approximate surface area is 170 Å². The van der Waals surface area contributed by atoms with Crippen LogP contribution in [0, 0.1) is 6.92 Å². The minimum absolute atomic E-state index is 0.115. The predicted molar refractivity (Wildman–Crippen MR) is 111 cm³/mol. The highest BCUT2D eigenvalue weighted by Gasteiger charge is 2.23. The molecule has 0 aliphatic carbocycles. The highest BCUT2D eigenvalue weighted by Crippen LogP contribution is 2.27. The predicted octanol–water partition coefficient (Wildman–Crippen LogP) is 2.50. The highest BCUT2D eigenvalue weighted by atomic mass is 16.5. The number of rotatable bonds is 7. The Morgan fingerprint density at radius 3 is 2.52 bits per heavy atom. The molecule has 29 heavy (non-hydrogen) atoms. The van der Waals surface area contributed by atoms with Crippen molar-refractivity contribution in [1.82, 2.24) is 10.7 Å². The second-order valence-corrected chi connectivity index (χ2v) is 6.69. The Bertz CT molecular complexity index is 922. The van der Waals surface area contributed by atoms with Gasteiger partial charge in [0.2, 0.25) is 5.91 Å². The molecule has 7 heteroatoms. The van der Waals surface area contributed by atoms with Crippen molar-refractivity contribution in [2.75, 3.05) is 25.8 Å². The average Bonchev–Trinajstić information content (AvgIpc) is 2.74. The SMILES string of the molecule is COc1ccc(CCNC(=O)C2=CCC(=O)N(c3ccc(C)cc3)N2)cc1OC. The van der Waals surface area contributed by atoms with E-state index in [1.165, 1.54) is 5.01 Å². The molecule has 7 nitrogen and oxygen atoms in total. The Kier molecular flexibility index (Phi) is 6.39. The zero-order valence-electron chi connectivity index (χ0n) is 16.8. The first kappa shape index (κ1) is 20.3. The van der Waals surface area contributed by atoms with Gasteiger partial charge in [0.25, 0.3) is 5.91 Å². The number of nitrogens with zero attached hydrogens (tertiary/aromatic N) is 1. The molecule has 152 valence electrons. The van der Waals surface area contributed by atoms with Gasteiger partial charge < -0.3 is 14.8 Å². The lowest BCUT2D eigenvalue weighted by molar-refractivity contribution is -0.120. The van der Waals surface area contributed by atoms with Gasteiger partial charge in [-0.2, -0.15) is 0 Å². The van der Waals surface area contributed by atoms with E-state index in [0.29, 0.717) is 35.8 Å². The second kappa shape index (κ2) is 9.14. The first-order valence-corrected chi connectivity index (χ1v) is 9.37. The summed E-state index contributed by atoms with van der Waals surface area (Å²) in [6, 6.07) is 13.2. The Morgan fingerprint density at radius 1 is 1.10 bits per heavy atom. The van der Waals surface area contributed by atoms with Crippen LogP contribution in [0.5, 0.6) is 11.5 Å². The molecule has 0 atom stereocenters. The molecule has 0 aromatic heterocycles. The summed E-state index contributed by atoms with van der Waals surface area (Å²) >= 11 is 0. The summed E-state index contributed by atoms with van der Waals surface area (Å²) in [5.41, 5.74) is 6.09. The number of nitrogens with one attached hydrogen (secondary N) is 2. The number of aryl methyl sites for hydroxylation is 1. The fourth-order valence-electron chi connectivity index (χ4n) is 3.01. The third-order valence-corrected chi connectivity index (χ3v) is 4.65. The van der Waals surface area contributed by atoms with Crippen molar-refractivity contribution in [3.63, 3.8) is 0 Å². The minimum Gasteiger partial charge on any atom is -0.493 e. The van der Waals surface area contributed by atoms with Gasteiger partial charge in [0, 0.05) is 13.0 Å². The Balaban J connectivity index is 1.58. The van der Waals surface area contributed by atoms with Gasteiger partial charge in [0.1, 0.15) is 5.70 Å². The van der Waals surface area contributed by atoms with E-state index in [4.69, 9.17) is 9.47 Å². The molecule has 0 bridgehead atoms. The molecule has 0 fully saturated rings. The zero-order chi connectivity index (χ0) is 20.8. The van der Waals surface area contributed by atoms with Gasteiger partial charge in [0.15, 0.2) is 11.5 Å². The van der Waals surface area contributed by atoms with Gasteiger partial charge in [0.05, 0.1) is 19.9 Å². The van der Waals surface area contributed by atoms with Gasteiger partial charge in [-0.05, 0) is 49.2 Å². The fraction of sp³-hybridized carbons (Fsp3) is 0.273. The van der Waals surface area contributed by atoms with Gasteiger partial charge >= 0.3 is 0 Å². The van der Waals surface area contributed by atoms with Crippen LogP contribution in [0.15, 0.2) is 54.2 Å². The number of methoxy groups -OCH3 is 2. The molecule has 0 spiro atoms. The van der Waals surface area contributed by atoms with E-state index < -0.39 is 0 Å². The van der Waals surface area contributed by atoms with Gasteiger partial charge in [-0.25, -0.2) is 5.01 Å². The summed E-state index contributed by atoms with van der Waals surface area (Å²) in [5.74, 6) is 0.948. The molecular weight excluding hydrogens is 370 g/mol. The summed E-state index contributed by atoms with van der Waals surface area (Å²) in [6.07, 6.45) is 2.41. The Morgan fingerprint density at radius 2 is 1.83 bits per heavy atom. The van der Waals surface area contributed by atoms with Gasteiger partial charge in [-0.1, -0.05) is 23.8 Å². The molecule has 3 rings (SSSR count). The Hall–Kier alpha value is -3.48. The molecule has 0 radical (unpaired) electrons. The van der Waals surface area contributed by atoms with Crippen molar-refractivity contribution < 1.29 is 19.1 Å². The lowest BCUT2D eigenvalue weighted by Gasteiger charge is -2.28. The molecular formula is C22H25N3O4. The minimum atomic E-state index is -0.255. The van der Waals surface area contributed by atoms with Crippen LogP contribution in [0.2, 0.25) is 0 Å². The number of anilines is 1. The first-order valence-electron chi connectivity index (χ1n) is 9.37. The van der Waals surface area contributed by atoms with Gasteiger partial charge in [-0.3, -0.25) is 15.0 Å². The van der Waals surface area contributed by atoms with Crippen molar-refractivity contribution in [3.8, 4) is 11.5 Å². The van der Waals surface area contributed by atoms with Crippen LogP contribution in [0.1, 0.15) is 17.5 Å². The van der Waals surface area contributed by atoms with Crippen molar-refractivity contribution in [2.24, 2.45) is 0 Å². The van der Waals surface area contributed by atoms with Crippen LogP contribution in [0.3, 0.4) is 0 Å². The van der Waals surface area contributed by atoms with Crippen LogP contribution >= 0.6 is 0 Å². The van der Waals surface area contributed by atoms with Crippen LogP contribution in [0.4, 0.5) is 5.69 Å². The van der Waals surface area contributed by atoms with E-state index in [0.717, 1.165) is 11.1 Å². The maximum Gasteiger partial charge on any atom is 0.268 e. The van der Waals surface area contributed by atoms with Gasteiger partial charge in [-0.15, -0.1) is 0 Å². The van der Waals surface area contributed by atoms with E-state index in [1.54, 1.807) is 20.3 Å². The number of carbonyl (C=O) groups is 2. The average molecular weight is 395 g/mol. The fourth-order valence-corrected chi connectivity index (χ4v) is 3.01. The molecule has 1 heterocycles. The maximum atomic E-state index is 12.5. The number of carbonyl (C=O) groups excluding carboxylic acids is 2. The second-order valence-electron chi connectivity index (χ2n) is 6.69. The summed E-state index contributed by atoms with van der Waals surface area (Å²) in [6.45, 7) is 2.43. The monoisotopic (exact) mass is 395 g/mol. The molecule has 0 saturated heterocycles. The van der Waals surface area contributed by atoms with Crippen molar-refractivity contribution in [3.05, 3.63) is 65.4 Å². The zero-order valence-corrected chi connectivity index (χ0v) is 16.8. The van der Waals surface area contributed by atoms with E-state index in [1.807, 2.05) is 49.4 Å². The number of ether oxygens (including phenoxy) is 2. The lowest BCUT2D eigenvalue weighted by atomic mass is 10.1. The van der Waals surface area contributed by atoms with E-state index in [2.05, 4.69) is 10.7 Å². The third-order valence-electron chi connectivity index (χ3n) is 4.65. The molecule has 1 aliphatic rings. The lowest BCUT2D eigenvalue weighted by Crippen LogP contribution is -2.49. The summed E-state index contributed by atoms with van der Waals surface area (Å²) in [4.78, 5) is 24.7. The molecule has 2 N–H and O–H groups in total. The summed E-state index contributed by atoms with van der Waals surface area (Å²) < 4.78 is 10.5. The topological polar surface area (TPSA) is 79.9 Å². The smallest absolute Gasteiger partial charge is 0.268 e. The molecule has 2 amide bonds. The summed E-state index contributed by atoms with van der Waals surface area (Å²) in [5, 5.41) is 4.29. The van der Waals surface area contributed by atoms with Crippen LogP contribution in [0.25, 0.3) is 0 Å². The molecule has 2 aromatic carbocycles. The summed E-state index contributed by atoms with van der Waals surface area (Å²) in [7, 11) is 3.18. The van der Waals surface area contributed by atoms with E-state index in [9.17, 15) is 9.59 Å².